The van der Waals surface area contributed by atoms with E-state index in [1.54, 1.807) is 4.90 Å². The van der Waals surface area contributed by atoms with Crippen LogP contribution in [0.25, 0.3) is 11.1 Å². The first-order chi connectivity index (χ1) is 13.0. The van der Waals surface area contributed by atoms with Crippen molar-refractivity contribution in [1.29, 1.82) is 0 Å². The molecule has 0 bridgehead atoms. The fraction of sp³-hybridized carbons (Fsp3) is 0.500. The minimum atomic E-state index is -0.555. The molecule has 2 aromatic heterocycles. The summed E-state index contributed by atoms with van der Waals surface area (Å²) in [5, 5.41) is 4.28. The first kappa shape index (κ1) is 18.8. The number of H-pyrrole nitrogens is 1. The summed E-state index contributed by atoms with van der Waals surface area (Å²) in [6.07, 6.45) is 3.56. The van der Waals surface area contributed by atoms with Crippen molar-refractivity contribution in [3.8, 4) is 6.01 Å². The minimum absolute atomic E-state index is 0.0319. The Labute approximate surface area is 155 Å². The Hall–Kier alpha value is -2.97. The molecule has 0 aromatic carbocycles. The van der Waals surface area contributed by atoms with Crippen LogP contribution in [0.2, 0.25) is 0 Å². The molecule has 1 aliphatic rings. The van der Waals surface area contributed by atoms with Gasteiger partial charge in [-0.15, -0.1) is 0 Å². The maximum atomic E-state index is 12.4. The van der Waals surface area contributed by atoms with Crippen molar-refractivity contribution in [2.24, 2.45) is 5.16 Å². The van der Waals surface area contributed by atoms with Crippen LogP contribution in [0, 0.1) is 0 Å². The van der Waals surface area contributed by atoms with Gasteiger partial charge in [0.2, 0.25) is 11.6 Å². The van der Waals surface area contributed by atoms with E-state index in [1.165, 1.54) is 13.0 Å². The second-order valence-corrected chi connectivity index (χ2v) is 6.50. The molecular weight excluding hydrogens is 352 g/mol. The van der Waals surface area contributed by atoms with Crippen LogP contribution in [0.1, 0.15) is 45.1 Å². The monoisotopic (exact) mass is 374 g/mol. The van der Waals surface area contributed by atoms with Crippen LogP contribution in [0.3, 0.4) is 0 Å². The van der Waals surface area contributed by atoms with Crippen LogP contribution in [-0.4, -0.2) is 39.6 Å². The van der Waals surface area contributed by atoms with Crippen LogP contribution < -0.4 is 16.0 Å². The van der Waals surface area contributed by atoms with Crippen molar-refractivity contribution in [1.82, 2.24) is 14.9 Å². The van der Waals surface area contributed by atoms with Crippen molar-refractivity contribution in [2.45, 2.75) is 46.0 Å². The smallest absolute Gasteiger partial charge is 0.337 e. The fourth-order valence-corrected chi connectivity index (χ4v) is 3.02. The number of fused-ring (bicyclic) bond motifs is 1. The van der Waals surface area contributed by atoms with E-state index in [-0.39, 0.29) is 23.0 Å². The number of aromatic nitrogens is 2. The van der Waals surface area contributed by atoms with Crippen LogP contribution in [-0.2, 0) is 11.2 Å². The quantitative estimate of drug-likeness (QED) is 0.794. The third kappa shape index (κ3) is 4.42. The number of hydrogen-bond donors (Lipinski definition) is 1. The van der Waals surface area contributed by atoms with Crippen LogP contribution >= 0.6 is 0 Å². The SMILES string of the molecule is CCCCc1cc(=O)oc2nc(ON=C3CCN(C(C)=O)CC3)[nH]c(=O)c12. The Morgan fingerprint density at radius 1 is 1.37 bits per heavy atom. The summed E-state index contributed by atoms with van der Waals surface area (Å²) in [6, 6.07) is 1.20. The summed E-state index contributed by atoms with van der Waals surface area (Å²) in [4.78, 5) is 49.1. The zero-order valence-corrected chi connectivity index (χ0v) is 15.4. The third-order valence-electron chi connectivity index (χ3n) is 4.52. The summed E-state index contributed by atoms with van der Waals surface area (Å²) in [5.74, 6) is 0.0319. The highest BCUT2D eigenvalue weighted by Crippen LogP contribution is 2.16. The van der Waals surface area contributed by atoms with Gasteiger partial charge in [0.05, 0.1) is 5.71 Å². The number of nitrogens with one attached hydrogen (secondary N) is 1. The van der Waals surface area contributed by atoms with Crippen molar-refractivity contribution in [3.05, 3.63) is 32.4 Å². The van der Waals surface area contributed by atoms with E-state index in [0.717, 1.165) is 18.6 Å². The highest BCUT2D eigenvalue weighted by atomic mass is 16.6. The topological polar surface area (TPSA) is 118 Å². The summed E-state index contributed by atoms with van der Waals surface area (Å²) in [7, 11) is 0. The van der Waals surface area contributed by atoms with Gasteiger partial charge in [0.15, 0.2) is 0 Å². The first-order valence-electron chi connectivity index (χ1n) is 9.03. The fourth-order valence-electron chi connectivity index (χ4n) is 3.02. The summed E-state index contributed by atoms with van der Waals surface area (Å²) in [5.41, 5.74) is 0.343. The maximum absolute atomic E-state index is 12.4. The minimum Gasteiger partial charge on any atom is -0.403 e. The van der Waals surface area contributed by atoms with Gasteiger partial charge in [0.25, 0.3) is 5.56 Å². The van der Waals surface area contributed by atoms with Gasteiger partial charge in [0, 0.05) is 38.9 Å². The lowest BCUT2D eigenvalue weighted by Gasteiger charge is -2.25. The predicted octanol–water partition coefficient (Wildman–Crippen LogP) is 1.60. The van der Waals surface area contributed by atoms with Gasteiger partial charge < -0.3 is 14.2 Å². The number of likely N-dealkylation sites (tertiary alicyclic amines) is 1. The second kappa shape index (κ2) is 8.15. The van der Waals surface area contributed by atoms with E-state index in [2.05, 4.69) is 15.1 Å². The number of piperidine rings is 1. The number of rotatable bonds is 5. The average molecular weight is 374 g/mol. The lowest BCUT2D eigenvalue weighted by atomic mass is 10.1. The number of aryl methyl sites for hydroxylation is 1. The Balaban J connectivity index is 1.82. The van der Waals surface area contributed by atoms with E-state index in [4.69, 9.17) is 9.25 Å². The van der Waals surface area contributed by atoms with Gasteiger partial charge in [-0.05, 0) is 18.4 Å². The zero-order valence-electron chi connectivity index (χ0n) is 15.4. The van der Waals surface area contributed by atoms with E-state index in [9.17, 15) is 14.4 Å². The molecular formula is C18H22N4O5. The summed E-state index contributed by atoms with van der Waals surface area (Å²) in [6.45, 7) is 4.72. The standard InChI is InChI=1S/C18H22N4O5/c1-3-4-5-12-10-14(24)26-17-15(12)16(25)19-18(20-17)27-21-13-6-8-22(9-7-13)11(2)23/h10H,3-9H2,1-2H3,(H,19,20,25). The van der Waals surface area contributed by atoms with Crippen LogP contribution in [0.5, 0.6) is 6.01 Å². The largest absolute Gasteiger partial charge is 0.403 e. The molecule has 0 saturated carbocycles. The molecule has 1 fully saturated rings. The Morgan fingerprint density at radius 3 is 2.78 bits per heavy atom. The number of aromatic amines is 1. The first-order valence-corrected chi connectivity index (χ1v) is 9.03. The molecule has 27 heavy (non-hydrogen) atoms. The average Bonchev–Trinajstić information content (AvgIpc) is 2.64. The third-order valence-corrected chi connectivity index (χ3v) is 4.52. The van der Waals surface area contributed by atoms with Gasteiger partial charge in [-0.25, -0.2) is 4.79 Å². The lowest BCUT2D eigenvalue weighted by Crippen LogP contribution is -2.37. The molecule has 3 rings (SSSR count). The molecule has 3 heterocycles. The summed E-state index contributed by atoms with van der Waals surface area (Å²) < 4.78 is 5.08. The van der Waals surface area contributed by atoms with Crippen LogP contribution in [0.4, 0.5) is 0 Å². The van der Waals surface area contributed by atoms with Gasteiger partial charge in [0.1, 0.15) is 5.39 Å². The van der Waals surface area contributed by atoms with E-state index >= 15 is 0 Å². The second-order valence-electron chi connectivity index (χ2n) is 6.50. The van der Waals surface area contributed by atoms with Gasteiger partial charge in [-0.1, -0.05) is 18.5 Å². The Bertz CT molecular complexity index is 981. The molecule has 0 spiro atoms. The number of unbranched alkanes of at least 4 members (excludes halogenated alkanes) is 1. The lowest BCUT2D eigenvalue weighted by molar-refractivity contribution is -0.128. The number of nitrogens with zero attached hydrogens (tertiary/aromatic N) is 3. The molecule has 144 valence electrons. The van der Waals surface area contributed by atoms with Gasteiger partial charge >= 0.3 is 11.6 Å². The maximum Gasteiger partial charge on any atom is 0.337 e. The highest BCUT2D eigenvalue weighted by Gasteiger charge is 2.18. The molecule has 9 nitrogen and oxygen atoms in total. The van der Waals surface area contributed by atoms with E-state index in [1.807, 2.05) is 6.92 Å². The van der Waals surface area contributed by atoms with Crippen LogP contribution in [0.15, 0.2) is 25.2 Å². The highest BCUT2D eigenvalue weighted by molar-refractivity contribution is 5.87. The van der Waals surface area contributed by atoms with Gasteiger partial charge in [-0.2, -0.15) is 4.98 Å². The molecule has 1 saturated heterocycles. The molecule has 2 aromatic rings. The molecule has 0 aliphatic carbocycles. The molecule has 0 radical (unpaired) electrons. The number of hydrogen-bond acceptors (Lipinski definition) is 7. The molecule has 9 heteroatoms. The molecule has 1 amide bonds. The number of carbonyl (C=O) groups excluding carboxylic acids is 1. The number of amides is 1. The van der Waals surface area contributed by atoms with Gasteiger partial charge in [-0.3, -0.25) is 14.6 Å². The Kier molecular flexibility index (Phi) is 5.68. The predicted molar refractivity (Wildman–Crippen MR) is 99.1 cm³/mol. The molecule has 0 atom stereocenters. The number of oxime groups is 1. The van der Waals surface area contributed by atoms with Crippen molar-refractivity contribution in [2.75, 3.05) is 13.1 Å². The summed E-state index contributed by atoms with van der Waals surface area (Å²) >= 11 is 0. The molecule has 0 unspecified atom stereocenters. The van der Waals surface area contributed by atoms with Crippen molar-refractivity contribution < 1.29 is 14.0 Å². The number of carbonyl (C=O) groups is 1. The van der Waals surface area contributed by atoms with E-state index < -0.39 is 11.2 Å². The zero-order chi connectivity index (χ0) is 19.4. The Morgan fingerprint density at radius 2 is 2.11 bits per heavy atom. The molecule has 1 aliphatic heterocycles. The van der Waals surface area contributed by atoms with Crippen molar-refractivity contribution >= 4 is 22.7 Å². The normalized spacial score (nSPS) is 14.4. The molecule has 1 N–H and O–H groups in total. The van der Waals surface area contributed by atoms with Crippen molar-refractivity contribution in [3.63, 3.8) is 0 Å². The van der Waals surface area contributed by atoms with E-state index in [0.29, 0.717) is 37.9 Å².